The number of para-hydroxylation sites is 2. The Balaban J connectivity index is 2.08. The van der Waals surface area contributed by atoms with E-state index >= 15 is 0 Å². The molecule has 1 aliphatic carbocycles. The lowest BCUT2D eigenvalue weighted by molar-refractivity contribution is 0.0597. The summed E-state index contributed by atoms with van der Waals surface area (Å²) in [6.45, 7) is 2.04. The van der Waals surface area contributed by atoms with E-state index in [9.17, 15) is 9.59 Å². The van der Waals surface area contributed by atoms with E-state index in [1.54, 1.807) is 36.3 Å². The van der Waals surface area contributed by atoms with Crippen molar-refractivity contribution in [1.29, 1.82) is 0 Å². The molecule has 2 aromatic carbocycles. The summed E-state index contributed by atoms with van der Waals surface area (Å²) in [5, 5.41) is 0. The number of nitrogens with zero attached hydrogens (tertiary/aromatic N) is 1. The lowest BCUT2D eigenvalue weighted by atomic mass is 10.0. The number of ether oxygens (including phenoxy) is 2. The second kappa shape index (κ2) is 7.60. The fourth-order valence-corrected chi connectivity index (χ4v) is 3.22. The standard InChI is InChI=1S/C21H23NO4/c1-14(15-12-13-15)22(18-10-6-7-11-19(18)25-2)20(23)16-8-4-5-9-17(16)21(24)26-3/h4-11,14-15H,12-13H2,1-3H3/t14-/m0/s1. The summed E-state index contributed by atoms with van der Waals surface area (Å²) in [6.07, 6.45) is 2.19. The molecule has 0 unspecified atom stereocenters. The van der Waals surface area contributed by atoms with Crippen molar-refractivity contribution in [2.24, 2.45) is 5.92 Å². The monoisotopic (exact) mass is 353 g/mol. The lowest BCUT2D eigenvalue weighted by Crippen LogP contribution is -2.41. The molecule has 1 aliphatic rings. The average Bonchev–Trinajstić information content (AvgIpc) is 3.53. The number of rotatable bonds is 6. The highest BCUT2D eigenvalue weighted by atomic mass is 16.5. The maximum atomic E-state index is 13.5. The van der Waals surface area contributed by atoms with Crippen LogP contribution in [-0.2, 0) is 4.74 Å². The number of esters is 1. The van der Waals surface area contributed by atoms with Gasteiger partial charge < -0.3 is 14.4 Å². The van der Waals surface area contributed by atoms with Gasteiger partial charge in [-0.1, -0.05) is 24.3 Å². The highest BCUT2D eigenvalue weighted by Crippen LogP contribution is 2.40. The van der Waals surface area contributed by atoms with Crippen molar-refractivity contribution in [2.45, 2.75) is 25.8 Å². The molecule has 0 radical (unpaired) electrons. The van der Waals surface area contributed by atoms with Crippen LogP contribution >= 0.6 is 0 Å². The van der Waals surface area contributed by atoms with Gasteiger partial charge in [0.05, 0.1) is 31.0 Å². The average molecular weight is 353 g/mol. The molecular formula is C21H23NO4. The zero-order valence-corrected chi connectivity index (χ0v) is 15.3. The SMILES string of the molecule is COC(=O)c1ccccc1C(=O)N(c1ccccc1OC)[C@@H](C)C1CC1. The molecule has 1 amide bonds. The third-order valence-electron chi connectivity index (χ3n) is 4.84. The fourth-order valence-electron chi connectivity index (χ4n) is 3.22. The van der Waals surface area contributed by atoms with Crippen LogP contribution in [0.1, 0.15) is 40.5 Å². The molecule has 0 bridgehead atoms. The number of benzene rings is 2. The van der Waals surface area contributed by atoms with Gasteiger partial charge in [-0.05, 0) is 49.9 Å². The lowest BCUT2D eigenvalue weighted by Gasteiger charge is -2.31. The molecule has 0 N–H and O–H groups in total. The van der Waals surface area contributed by atoms with Gasteiger partial charge in [-0.3, -0.25) is 4.79 Å². The minimum Gasteiger partial charge on any atom is -0.495 e. The van der Waals surface area contributed by atoms with Crippen LogP contribution in [0, 0.1) is 5.92 Å². The molecule has 5 nitrogen and oxygen atoms in total. The number of hydrogen-bond acceptors (Lipinski definition) is 4. The molecule has 2 aromatic rings. The van der Waals surface area contributed by atoms with Crippen LogP contribution in [0.25, 0.3) is 0 Å². The first kappa shape index (κ1) is 18.0. The van der Waals surface area contributed by atoms with Gasteiger partial charge in [-0.2, -0.15) is 0 Å². The van der Waals surface area contributed by atoms with E-state index in [0.29, 0.717) is 22.9 Å². The third-order valence-corrected chi connectivity index (χ3v) is 4.84. The second-order valence-corrected chi connectivity index (χ2v) is 6.46. The Morgan fingerprint density at radius 1 is 1.00 bits per heavy atom. The summed E-state index contributed by atoms with van der Waals surface area (Å²) in [7, 11) is 2.90. The number of carbonyl (C=O) groups is 2. The second-order valence-electron chi connectivity index (χ2n) is 6.46. The number of amides is 1. The summed E-state index contributed by atoms with van der Waals surface area (Å²) >= 11 is 0. The van der Waals surface area contributed by atoms with Gasteiger partial charge in [0.25, 0.3) is 5.91 Å². The molecule has 3 rings (SSSR count). The molecule has 5 heteroatoms. The van der Waals surface area contributed by atoms with Crippen LogP contribution in [0.2, 0.25) is 0 Å². The van der Waals surface area contributed by atoms with E-state index in [-0.39, 0.29) is 17.5 Å². The quantitative estimate of drug-likeness (QED) is 0.739. The van der Waals surface area contributed by atoms with Gasteiger partial charge >= 0.3 is 5.97 Å². The minimum absolute atomic E-state index is 0.00417. The smallest absolute Gasteiger partial charge is 0.338 e. The molecule has 1 atom stereocenters. The van der Waals surface area contributed by atoms with Crippen molar-refractivity contribution in [2.75, 3.05) is 19.1 Å². The molecule has 26 heavy (non-hydrogen) atoms. The van der Waals surface area contributed by atoms with Crippen molar-refractivity contribution in [3.8, 4) is 5.75 Å². The van der Waals surface area contributed by atoms with Crippen LogP contribution in [0.4, 0.5) is 5.69 Å². The molecule has 136 valence electrons. The van der Waals surface area contributed by atoms with E-state index in [0.717, 1.165) is 12.8 Å². The number of anilines is 1. The maximum absolute atomic E-state index is 13.5. The van der Waals surface area contributed by atoms with Gasteiger partial charge in [0.15, 0.2) is 0 Å². The van der Waals surface area contributed by atoms with Gasteiger partial charge in [0.1, 0.15) is 5.75 Å². The van der Waals surface area contributed by atoms with Crippen LogP contribution in [-0.4, -0.2) is 32.1 Å². The first-order valence-electron chi connectivity index (χ1n) is 8.72. The Bertz CT molecular complexity index is 813. The third kappa shape index (κ3) is 3.43. The highest BCUT2D eigenvalue weighted by molar-refractivity contribution is 6.13. The number of methoxy groups -OCH3 is 2. The molecule has 0 saturated heterocycles. The molecule has 0 aliphatic heterocycles. The first-order valence-corrected chi connectivity index (χ1v) is 8.72. The topological polar surface area (TPSA) is 55.8 Å². The van der Waals surface area contributed by atoms with Gasteiger partial charge in [-0.15, -0.1) is 0 Å². The summed E-state index contributed by atoms with van der Waals surface area (Å²) in [5.74, 6) is 0.334. The Hall–Kier alpha value is -2.82. The van der Waals surface area contributed by atoms with Crippen molar-refractivity contribution in [1.82, 2.24) is 0 Å². The summed E-state index contributed by atoms with van der Waals surface area (Å²) in [5.41, 5.74) is 1.31. The number of carbonyl (C=O) groups excluding carboxylic acids is 2. The van der Waals surface area contributed by atoms with Crippen LogP contribution in [0.15, 0.2) is 48.5 Å². The van der Waals surface area contributed by atoms with E-state index < -0.39 is 5.97 Å². The molecule has 1 saturated carbocycles. The molecule has 0 heterocycles. The molecular weight excluding hydrogens is 330 g/mol. The van der Waals surface area contributed by atoms with Gasteiger partial charge in [-0.25, -0.2) is 4.79 Å². The molecule has 1 fully saturated rings. The first-order chi connectivity index (χ1) is 12.6. The minimum atomic E-state index is -0.520. The Labute approximate surface area is 153 Å². The normalized spacial score (nSPS) is 14.4. The van der Waals surface area contributed by atoms with Crippen molar-refractivity contribution < 1.29 is 19.1 Å². The van der Waals surface area contributed by atoms with Crippen molar-refractivity contribution in [3.63, 3.8) is 0 Å². The van der Waals surface area contributed by atoms with Crippen molar-refractivity contribution >= 4 is 17.6 Å². The van der Waals surface area contributed by atoms with Crippen molar-refractivity contribution in [3.05, 3.63) is 59.7 Å². The predicted molar refractivity (Wildman–Crippen MR) is 99.8 cm³/mol. The van der Waals surface area contributed by atoms with Crippen LogP contribution in [0.5, 0.6) is 5.75 Å². The van der Waals surface area contributed by atoms with Crippen LogP contribution < -0.4 is 9.64 Å². The van der Waals surface area contributed by atoms with Gasteiger partial charge in [0, 0.05) is 6.04 Å². The zero-order chi connectivity index (χ0) is 18.7. The Morgan fingerprint density at radius 3 is 2.23 bits per heavy atom. The fraction of sp³-hybridized carbons (Fsp3) is 0.333. The number of hydrogen-bond donors (Lipinski definition) is 0. The summed E-state index contributed by atoms with van der Waals surface area (Å²) in [4.78, 5) is 27.4. The van der Waals surface area contributed by atoms with E-state index in [2.05, 4.69) is 0 Å². The van der Waals surface area contributed by atoms with Crippen LogP contribution in [0.3, 0.4) is 0 Å². The largest absolute Gasteiger partial charge is 0.495 e. The Kier molecular flexibility index (Phi) is 5.26. The molecule has 0 aromatic heterocycles. The summed E-state index contributed by atoms with van der Waals surface area (Å²) < 4.78 is 10.3. The zero-order valence-electron chi connectivity index (χ0n) is 15.3. The molecule has 0 spiro atoms. The summed E-state index contributed by atoms with van der Waals surface area (Å²) in [6, 6.07) is 14.2. The Morgan fingerprint density at radius 2 is 1.62 bits per heavy atom. The van der Waals surface area contributed by atoms with E-state index in [1.807, 2.05) is 31.2 Å². The highest BCUT2D eigenvalue weighted by Gasteiger charge is 2.37. The van der Waals surface area contributed by atoms with E-state index in [4.69, 9.17) is 9.47 Å². The maximum Gasteiger partial charge on any atom is 0.338 e. The predicted octanol–water partition coefficient (Wildman–Crippen LogP) is 3.93. The van der Waals surface area contributed by atoms with Gasteiger partial charge in [0.2, 0.25) is 0 Å². The van der Waals surface area contributed by atoms with E-state index in [1.165, 1.54) is 7.11 Å².